The molecular weight excluding hydrogens is 319 g/mol. The lowest BCUT2D eigenvalue weighted by atomic mass is 10.1. The number of carbonyl (C=O) groups excluding carboxylic acids is 1. The van der Waals surface area contributed by atoms with Crippen LogP contribution in [0.1, 0.15) is 22.3 Å². The second-order valence-electron chi connectivity index (χ2n) is 5.41. The van der Waals surface area contributed by atoms with E-state index >= 15 is 0 Å². The first kappa shape index (κ1) is 17.7. The molecule has 0 spiro atoms. The van der Waals surface area contributed by atoms with Gasteiger partial charge in [-0.1, -0.05) is 0 Å². The molecule has 1 aromatic rings. The molecule has 0 atom stereocenters. The first-order valence-electron chi connectivity index (χ1n) is 7.24. The van der Waals surface area contributed by atoms with Crippen molar-refractivity contribution in [3.05, 3.63) is 35.4 Å². The lowest BCUT2D eigenvalue weighted by Crippen LogP contribution is -2.36. The van der Waals surface area contributed by atoms with Crippen LogP contribution in [0.2, 0.25) is 0 Å². The van der Waals surface area contributed by atoms with Crippen LogP contribution in [0.4, 0.5) is 22.0 Å². The molecule has 1 amide bonds. The second kappa shape index (κ2) is 7.25. The Bertz CT molecular complexity index is 530. The minimum absolute atomic E-state index is 0.167. The van der Waals surface area contributed by atoms with Crippen LogP contribution < -0.4 is 0 Å². The van der Waals surface area contributed by atoms with E-state index in [2.05, 4.69) is 0 Å². The average Bonchev–Trinajstić information content (AvgIpc) is 2.71. The molecule has 0 bridgehead atoms. The number of nitrogens with zero attached hydrogens (tertiary/aromatic N) is 2. The fraction of sp³-hybridized carbons (Fsp3) is 0.533. The summed E-state index contributed by atoms with van der Waals surface area (Å²) in [5.74, 6) is -0.377. The molecule has 0 radical (unpaired) electrons. The Kier molecular flexibility index (Phi) is 5.56. The molecular formula is C15H17F5N2O. The zero-order chi connectivity index (χ0) is 17.0. The van der Waals surface area contributed by atoms with Gasteiger partial charge in [0.1, 0.15) is 0 Å². The van der Waals surface area contributed by atoms with Gasteiger partial charge in [0.2, 0.25) is 0 Å². The molecule has 3 nitrogen and oxygen atoms in total. The lowest BCUT2D eigenvalue weighted by Gasteiger charge is -2.22. The van der Waals surface area contributed by atoms with Gasteiger partial charge in [-0.15, -0.1) is 0 Å². The van der Waals surface area contributed by atoms with Crippen molar-refractivity contribution >= 4 is 5.91 Å². The molecule has 1 aliphatic heterocycles. The number of alkyl halides is 5. The molecule has 23 heavy (non-hydrogen) atoms. The summed E-state index contributed by atoms with van der Waals surface area (Å²) in [6.07, 6.45) is -6.31. The van der Waals surface area contributed by atoms with E-state index in [1.54, 1.807) is 4.90 Å². The zero-order valence-electron chi connectivity index (χ0n) is 12.3. The summed E-state index contributed by atoms with van der Waals surface area (Å²) in [6.45, 7) is 1.16. The predicted molar refractivity (Wildman–Crippen MR) is 74.4 cm³/mol. The van der Waals surface area contributed by atoms with Gasteiger partial charge in [0, 0.05) is 31.7 Å². The van der Waals surface area contributed by atoms with E-state index in [0.717, 1.165) is 24.3 Å². The van der Waals surface area contributed by atoms with Crippen molar-refractivity contribution in [3.8, 4) is 0 Å². The zero-order valence-corrected chi connectivity index (χ0v) is 12.3. The topological polar surface area (TPSA) is 23.6 Å². The van der Waals surface area contributed by atoms with E-state index in [1.807, 2.05) is 0 Å². The largest absolute Gasteiger partial charge is 0.416 e. The van der Waals surface area contributed by atoms with Crippen LogP contribution in [0, 0.1) is 0 Å². The summed E-state index contributed by atoms with van der Waals surface area (Å²) >= 11 is 0. The first-order valence-corrected chi connectivity index (χ1v) is 7.24. The average molecular weight is 336 g/mol. The Morgan fingerprint density at radius 1 is 1.04 bits per heavy atom. The highest BCUT2D eigenvalue weighted by Crippen LogP contribution is 2.29. The monoisotopic (exact) mass is 336 g/mol. The number of hydrogen-bond donors (Lipinski definition) is 0. The third kappa shape index (κ3) is 4.89. The summed E-state index contributed by atoms with van der Waals surface area (Å²) < 4.78 is 62.3. The Morgan fingerprint density at radius 3 is 2.26 bits per heavy atom. The second-order valence-corrected chi connectivity index (χ2v) is 5.41. The third-order valence-electron chi connectivity index (χ3n) is 3.73. The van der Waals surface area contributed by atoms with Crippen molar-refractivity contribution in [2.45, 2.75) is 19.0 Å². The number of hydrogen-bond acceptors (Lipinski definition) is 2. The molecule has 1 heterocycles. The van der Waals surface area contributed by atoms with E-state index in [1.165, 1.54) is 4.90 Å². The van der Waals surface area contributed by atoms with E-state index in [-0.39, 0.29) is 24.6 Å². The van der Waals surface area contributed by atoms with Gasteiger partial charge in [-0.3, -0.25) is 9.69 Å². The van der Waals surface area contributed by atoms with Crippen LogP contribution in [-0.4, -0.2) is 54.9 Å². The quantitative estimate of drug-likeness (QED) is 0.792. The smallest absolute Gasteiger partial charge is 0.337 e. The molecule has 0 aromatic heterocycles. The van der Waals surface area contributed by atoms with Gasteiger partial charge in [0.15, 0.2) is 0 Å². The molecule has 1 aromatic carbocycles. The third-order valence-corrected chi connectivity index (χ3v) is 3.73. The molecule has 1 aliphatic rings. The standard InChI is InChI=1S/C15H17F5N2O/c16-13(17)10-21-6-1-7-22(9-8-21)14(23)11-2-4-12(5-3-11)15(18,19)20/h2-5,13H,1,6-10H2. The molecule has 0 saturated carbocycles. The summed E-state index contributed by atoms with van der Waals surface area (Å²) in [6, 6.07) is 4.03. The summed E-state index contributed by atoms with van der Waals surface area (Å²) in [4.78, 5) is 15.4. The van der Waals surface area contributed by atoms with E-state index < -0.39 is 18.2 Å². The van der Waals surface area contributed by atoms with Gasteiger partial charge in [0.25, 0.3) is 12.3 Å². The highest BCUT2D eigenvalue weighted by atomic mass is 19.4. The normalized spacial score (nSPS) is 17.4. The van der Waals surface area contributed by atoms with Crippen molar-refractivity contribution in [1.29, 1.82) is 0 Å². The van der Waals surface area contributed by atoms with E-state index in [0.29, 0.717) is 26.1 Å². The highest BCUT2D eigenvalue weighted by molar-refractivity contribution is 5.94. The Hall–Kier alpha value is -1.70. The van der Waals surface area contributed by atoms with Crippen LogP contribution >= 0.6 is 0 Å². The van der Waals surface area contributed by atoms with Crippen LogP contribution in [0.15, 0.2) is 24.3 Å². The number of carbonyl (C=O) groups is 1. The Labute approximate surface area is 130 Å². The maximum atomic E-state index is 12.5. The van der Waals surface area contributed by atoms with Gasteiger partial charge < -0.3 is 4.90 Å². The molecule has 8 heteroatoms. The van der Waals surface area contributed by atoms with Gasteiger partial charge >= 0.3 is 6.18 Å². The van der Waals surface area contributed by atoms with Crippen molar-refractivity contribution < 1.29 is 26.7 Å². The van der Waals surface area contributed by atoms with Crippen molar-refractivity contribution in [1.82, 2.24) is 9.80 Å². The predicted octanol–water partition coefficient (Wildman–Crippen LogP) is 3.12. The molecule has 128 valence electrons. The first-order chi connectivity index (χ1) is 10.8. The fourth-order valence-electron chi connectivity index (χ4n) is 2.54. The summed E-state index contributed by atoms with van der Waals surface area (Å²) in [5, 5.41) is 0. The van der Waals surface area contributed by atoms with Gasteiger partial charge in [-0.2, -0.15) is 13.2 Å². The SMILES string of the molecule is O=C(c1ccc(C(F)(F)F)cc1)N1CCCN(CC(F)F)CC1. The number of halogens is 5. The molecule has 0 aliphatic carbocycles. The molecule has 1 saturated heterocycles. The molecule has 0 unspecified atom stereocenters. The van der Waals surface area contributed by atoms with Crippen LogP contribution in [-0.2, 0) is 6.18 Å². The molecule has 1 fully saturated rings. The van der Waals surface area contributed by atoms with Gasteiger partial charge in [-0.05, 0) is 30.7 Å². The minimum atomic E-state index is -4.44. The fourth-order valence-corrected chi connectivity index (χ4v) is 2.54. The van der Waals surface area contributed by atoms with Crippen LogP contribution in [0.3, 0.4) is 0 Å². The van der Waals surface area contributed by atoms with E-state index in [9.17, 15) is 26.7 Å². The van der Waals surface area contributed by atoms with E-state index in [4.69, 9.17) is 0 Å². The van der Waals surface area contributed by atoms with Crippen LogP contribution in [0.25, 0.3) is 0 Å². The van der Waals surface area contributed by atoms with Crippen molar-refractivity contribution in [2.75, 3.05) is 32.7 Å². The highest BCUT2D eigenvalue weighted by Gasteiger charge is 2.30. The van der Waals surface area contributed by atoms with Gasteiger partial charge in [0.05, 0.1) is 12.1 Å². The summed E-state index contributed by atoms with van der Waals surface area (Å²) in [5.41, 5.74) is -0.645. The van der Waals surface area contributed by atoms with Crippen molar-refractivity contribution in [2.24, 2.45) is 0 Å². The lowest BCUT2D eigenvalue weighted by molar-refractivity contribution is -0.137. The number of amides is 1. The van der Waals surface area contributed by atoms with Crippen LogP contribution in [0.5, 0.6) is 0 Å². The molecule has 0 N–H and O–H groups in total. The maximum Gasteiger partial charge on any atom is 0.416 e. The maximum absolute atomic E-state index is 12.5. The Balaban J connectivity index is 2.00. The van der Waals surface area contributed by atoms with Crippen molar-refractivity contribution in [3.63, 3.8) is 0 Å². The number of benzene rings is 1. The molecule has 2 rings (SSSR count). The number of rotatable bonds is 3. The van der Waals surface area contributed by atoms with Gasteiger partial charge in [-0.25, -0.2) is 8.78 Å². The Morgan fingerprint density at radius 2 is 1.70 bits per heavy atom. The summed E-state index contributed by atoms with van der Waals surface area (Å²) in [7, 11) is 0. The minimum Gasteiger partial charge on any atom is -0.337 e.